The van der Waals surface area contributed by atoms with Crippen LogP contribution in [0, 0.1) is 5.82 Å². The number of halogens is 1. The first-order valence-corrected chi connectivity index (χ1v) is 10.7. The van der Waals surface area contributed by atoms with Crippen LogP contribution in [-0.2, 0) is 12.0 Å². The second kappa shape index (κ2) is 8.30. The highest BCUT2D eigenvalue weighted by molar-refractivity contribution is 5.21. The standard InChI is InChI=1S/C23H30FN5O/c1-16(2)21-26-22(30-27-21)23(4)9-11-28(12-10-23)14-20-13-25-15-29(20)17(3)18-5-7-19(24)8-6-18/h5-8,13,15-17H,9-12,14H2,1-4H3/t17-/m1/s1. The molecule has 1 fully saturated rings. The van der Waals surface area contributed by atoms with Gasteiger partial charge in [-0.1, -0.05) is 38.1 Å². The number of benzene rings is 1. The van der Waals surface area contributed by atoms with Crippen molar-refractivity contribution in [1.82, 2.24) is 24.6 Å². The van der Waals surface area contributed by atoms with E-state index in [1.165, 1.54) is 12.1 Å². The van der Waals surface area contributed by atoms with Crippen molar-refractivity contribution < 1.29 is 8.91 Å². The molecular formula is C23H30FN5O. The summed E-state index contributed by atoms with van der Waals surface area (Å²) in [5, 5.41) is 4.15. The maximum absolute atomic E-state index is 13.3. The minimum absolute atomic E-state index is 0.0711. The molecule has 1 aromatic carbocycles. The average molecular weight is 412 g/mol. The van der Waals surface area contributed by atoms with Crippen LogP contribution < -0.4 is 0 Å². The topological polar surface area (TPSA) is 60.0 Å². The molecule has 0 saturated carbocycles. The van der Waals surface area contributed by atoms with Gasteiger partial charge in [0.05, 0.1) is 18.1 Å². The van der Waals surface area contributed by atoms with E-state index in [4.69, 9.17) is 4.52 Å². The normalized spacial score (nSPS) is 18.1. The minimum Gasteiger partial charge on any atom is -0.339 e. The van der Waals surface area contributed by atoms with E-state index in [1.54, 1.807) is 0 Å². The van der Waals surface area contributed by atoms with Crippen LogP contribution in [0.5, 0.6) is 0 Å². The Labute approximate surface area is 177 Å². The highest BCUT2D eigenvalue weighted by Crippen LogP contribution is 2.35. The third-order valence-corrected chi connectivity index (χ3v) is 6.34. The van der Waals surface area contributed by atoms with E-state index >= 15 is 0 Å². The first kappa shape index (κ1) is 20.7. The Morgan fingerprint density at radius 1 is 1.13 bits per heavy atom. The summed E-state index contributed by atoms with van der Waals surface area (Å²) in [6.45, 7) is 11.3. The summed E-state index contributed by atoms with van der Waals surface area (Å²) in [6.07, 6.45) is 5.76. The Morgan fingerprint density at radius 2 is 1.83 bits per heavy atom. The highest BCUT2D eigenvalue weighted by atomic mass is 19.1. The fourth-order valence-corrected chi connectivity index (χ4v) is 4.07. The van der Waals surface area contributed by atoms with Gasteiger partial charge in [0.2, 0.25) is 5.89 Å². The minimum atomic E-state index is -0.213. The number of rotatable bonds is 6. The fourth-order valence-electron chi connectivity index (χ4n) is 4.07. The smallest absolute Gasteiger partial charge is 0.232 e. The molecule has 1 aliphatic heterocycles. The summed E-state index contributed by atoms with van der Waals surface area (Å²) >= 11 is 0. The zero-order valence-electron chi connectivity index (χ0n) is 18.2. The molecule has 2 aromatic heterocycles. The van der Waals surface area contributed by atoms with Crippen molar-refractivity contribution in [1.29, 1.82) is 0 Å². The number of hydrogen-bond acceptors (Lipinski definition) is 5. The van der Waals surface area contributed by atoms with Crippen molar-refractivity contribution in [2.75, 3.05) is 13.1 Å². The SMILES string of the molecule is CC(C)c1noc(C2(C)CCN(Cc3cncn3[C@H](C)c3ccc(F)cc3)CC2)n1. The molecule has 7 heteroatoms. The second-order valence-electron chi connectivity index (χ2n) is 8.97. The largest absolute Gasteiger partial charge is 0.339 e. The first-order chi connectivity index (χ1) is 14.4. The second-order valence-corrected chi connectivity index (χ2v) is 8.97. The summed E-state index contributed by atoms with van der Waals surface area (Å²) < 4.78 is 21.0. The molecule has 6 nitrogen and oxygen atoms in total. The zero-order chi connectivity index (χ0) is 21.3. The number of likely N-dealkylation sites (tertiary alicyclic amines) is 1. The Hall–Kier alpha value is -2.54. The molecule has 3 aromatic rings. The molecule has 3 heterocycles. The maximum atomic E-state index is 13.3. The molecule has 1 atom stereocenters. The van der Waals surface area contributed by atoms with Gasteiger partial charge in [-0.05, 0) is 50.6 Å². The Kier molecular flexibility index (Phi) is 5.73. The van der Waals surface area contributed by atoms with Crippen molar-refractivity contribution >= 4 is 0 Å². The molecule has 0 spiro atoms. The van der Waals surface area contributed by atoms with Crippen molar-refractivity contribution in [2.24, 2.45) is 0 Å². The fraction of sp³-hybridized carbons (Fsp3) is 0.522. The van der Waals surface area contributed by atoms with E-state index in [9.17, 15) is 4.39 Å². The molecule has 0 N–H and O–H groups in total. The number of hydrogen-bond donors (Lipinski definition) is 0. The van der Waals surface area contributed by atoms with Crippen LogP contribution in [0.25, 0.3) is 0 Å². The molecule has 160 valence electrons. The molecule has 1 saturated heterocycles. The molecule has 0 amide bonds. The van der Waals surface area contributed by atoms with Gasteiger partial charge in [0.25, 0.3) is 0 Å². The van der Waals surface area contributed by atoms with E-state index in [-0.39, 0.29) is 23.2 Å². The Bertz CT molecular complexity index is 970. The van der Waals surface area contributed by atoms with Crippen molar-refractivity contribution in [3.63, 3.8) is 0 Å². The molecule has 1 aliphatic rings. The van der Waals surface area contributed by atoms with Crippen LogP contribution in [0.15, 0.2) is 41.3 Å². The number of nitrogens with zero attached hydrogens (tertiary/aromatic N) is 5. The molecule has 0 aliphatic carbocycles. The van der Waals surface area contributed by atoms with Crippen LogP contribution in [0.2, 0.25) is 0 Å². The first-order valence-electron chi connectivity index (χ1n) is 10.7. The molecule has 0 radical (unpaired) electrons. The van der Waals surface area contributed by atoms with Gasteiger partial charge in [0.1, 0.15) is 5.82 Å². The summed E-state index contributed by atoms with van der Waals surface area (Å²) in [5.74, 6) is 1.61. The van der Waals surface area contributed by atoms with E-state index < -0.39 is 0 Å². The summed E-state index contributed by atoms with van der Waals surface area (Å²) in [7, 11) is 0. The zero-order valence-corrected chi connectivity index (χ0v) is 18.2. The van der Waals surface area contributed by atoms with E-state index in [0.717, 1.165) is 55.4 Å². The predicted molar refractivity (Wildman–Crippen MR) is 113 cm³/mol. The van der Waals surface area contributed by atoms with E-state index in [0.29, 0.717) is 0 Å². The maximum Gasteiger partial charge on any atom is 0.232 e. The third-order valence-electron chi connectivity index (χ3n) is 6.34. The van der Waals surface area contributed by atoms with Gasteiger partial charge in [-0.25, -0.2) is 9.37 Å². The van der Waals surface area contributed by atoms with Gasteiger partial charge in [-0.3, -0.25) is 4.90 Å². The Morgan fingerprint density at radius 3 is 2.47 bits per heavy atom. The molecule has 0 unspecified atom stereocenters. The lowest BCUT2D eigenvalue weighted by Crippen LogP contribution is -2.41. The molecule has 30 heavy (non-hydrogen) atoms. The van der Waals surface area contributed by atoms with Crippen LogP contribution in [0.3, 0.4) is 0 Å². The van der Waals surface area contributed by atoms with Crippen LogP contribution in [0.1, 0.15) is 75.5 Å². The molecule has 0 bridgehead atoms. The predicted octanol–water partition coefficient (Wildman–Crippen LogP) is 4.69. The van der Waals surface area contributed by atoms with Gasteiger partial charge < -0.3 is 9.09 Å². The van der Waals surface area contributed by atoms with Gasteiger partial charge in [0, 0.05) is 24.1 Å². The number of imidazole rings is 1. The highest BCUT2D eigenvalue weighted by Gasteiger charge is 2.37. The van der Waals surface area contributed by atoms with Crippen LogP contribution in [0.4, 0.5) is 4.39 Å². The van der Waals surface area contributed by atoms with Crippen molar-refractivity contribution in [3.05, 3.63) is 65.6 Å². The van der Waals surface area contributed by atoms with Gasteiger partial charge in [-0.15, -0.1) is 0 Å². The van der Waals surface area contributed by atoms with Gasteiger partial charge >= 0.3 is 0 Å². The summed E-state index contributed by atoms with van der Waals surface area (Å²) in [4.78, 5) is 11.5. The lowest BCUT2D eigenvalue weighted by molar-refractivity contribution is 0.135. The molecular weight excluding hydrogens is 381 g/mol. The quantitative estimate of drug-likeness (QED) is 0.589. The monoisotopic (exact) mass is 411 g/mol. The summed E-state index contributed by atoms with van der Waals surface area (Å²) in [5.41, 5.74) is 2.16. The van der Waals surface area contributed by atoms with Gasteiger partial charge in [-0.2, -0.15) is 4.98 Å². The number of aromatic nitrogens is 4. The van der Waals surface area contributed by atoms with E-state index in [1.807, 2.05) is 24.7 Å². The van der Waals surface area contributed by atoms with Crippen LogP contribution >= 0.6 is 0 Å². The third kappa shape index (κ3) is 4.17. The lowest BCUT2D eigenvalue weighted by atomic mass is 9.80. The average Bonchev–Trinajstić information content (AvgIpc) is 3.40. The Balaban J connectivity index is 1.41. The summed E-state index contributed by atoms with van der Waals surface area (Å²) in [6, 6.07) is 6.80. The lowest BCUT2D eigenvalue weighted by Gasteiger charge is -2.37. The van der Waals surface area contributed by atoms with E-state index in [2.05, 4.69) is 52.3 Å². The van der Waals surface area contributed by atoms with Gasteiger partial charge in [0.15, 0.2) is 5.82 Å². The van der Waals surface area contributed by atoms with Crippen LogP contribution in [-0.4, -0.2) is 37.7 Å². The van der Waals surface area contributed by atoms with Crippen molar-refractivity contribution in [3.8, 4) is 0 Å². The van der Waals surface area contributed by atoms with Crippen molar-refractivity contribution in [2.45, 2.75) is 64.5 Å². The molecule has 4 rings (SSSR count). The number of piperidine rings is 1.